The number of carbonyl (C=O) groups is 1. The Labute approximate surface area is 193 Å². The summed E-state index contributed by atoms with van der Waals surface area (Å²) in [6.07, 6.45) is 4.37. The van der Waals surface area contributed by atoms with Crippen LogP contribution in [0.4, 0.5) is 11.4 Å². The number of amides is 1. The number of nitrogens with two attached hydrogens (primary N) is 1. The SMILES string of the molecule is COc1ccc(NC(=O)c2cc(S(N)(=O)=O)ccc2N2CCOCC2)cc1OC1CCCC1. The monoisotopic (exact) mass is 475 g/mol. The highest BCUT2D eigenvalue weighted by molar-refractivity contribution is 7.89. The van der Waals surface area contributed by atoms with Gasteiger partial charge < -0.3 is 24.4 Å². The minimum Gasteiger partial charge on any atom is -0.493 e. The number of sulfonamides is 1. The number of hydrogen-bond acceptors (Lipinski definition) is 7. The number of methoxy groups -OCH3 is 1. The molecule has 10 heteroatoms. The molecule has 2 aromatic carbocycles. The minimum atomic E-state index is -3.97. The maximum absolute atomic E-state index is 13.3. The number of benzene rings is 2. The lowest BCUT2D eigenvalue weighted by atomic mass is 10.1. The molecule has 0 radical (unpaired) electrons. The lowest BCUT2D eigenvalue weighted by Crippen LogP contribution is -2.37. The third-order valence-corrected chi connectivity index (χ3v) is 6.82. The molecule has 2 aliphatic rings. The van der Waals surface area contributed by atoms with Crippen molar-refractivity contribution in [2.24, 2.45) is 5.14 Å². The Morgan fingerprint density at radius 1 is 1.09 bits per heavy atom. The molecule has 0 bridgehead atoms. The van der Waals surface area contributed by atoms with Crippen LogP contribution < -0.4 is 24.8 Å². The van der Waals surface area contributed by atoms with Gasteiger partial charge in [-0.1, -0.05) is 0 Å². The molecule has 0 atom stereocenters. The van der Waals surface area contributed by atoms with E-state index in [1.165, 1.54) is 12.1 Å². The van der Waals surface area contributed by atoms with Crippen molar-refractivity contribution < 1.29 is 27.4 Å². The van der Waals surface area contributed by atoms with Crippen LogP contribution >= 0.6 is 0 Å². The van der Waals surface area contributed by atoms with Crippen molar-refractivity contribution in [3.05, 3.63) is 42.0 Å². The number of carbonyl (C=O) groups excluding carboxylic acids is 1. The largest absolute Gasteiger partial charge is 0.493 e. The Kier molecular flexibility index (Phi) is 7.06. The van der Waals surface area contributed by atoms with Crippen molar-refractivity contribution in [1.29, 1.82) is 0 Å². The molecule has 1 aliphatic carbocycles. The predicted molar refractivity (Wildman–Crippen MR) is 125 cm³/mol. The van der Waals surface area contributed by atoms with Crippen LogP contribution in [0.5, 0.6) is 11.5 Å². The molecule has 0 spiro atoms. The van der Waals surface area contributed by atoms with E-state index in [-0.39, 0.29) is 16.6 Å². The lowest BCUT2D eigenvalue weighted by Gasteiger charge is -2.30. The number of morpholine rings is 1. The topological polar surface area (TPSA) is 120 Å². The molecule has 1 saturated carbocycles. The van der Waals surface area contributed by atoms with Crippen molar-refractivity contribution in [3.63, 3.8) is 0 Å². The zero-order chi connectivity index (χ0) is 23.4. The number of hydrogen-bond donors (Lipinski definition) is 2. The van der Waals surface area contributed by atoms with Gasteiger partial charge in [0.2, 0.25) is 10.0 Å². The van der Waals surface area contributed by atoms with Gasteiger partial charge in [0.25, 0.3) is 5.91 Å². The molecule has 1 amide bonds. The second-order valence-electron chi connectivity index (χ2n) is 8.17. The minimum absolute atomic E-state index is 0.121. The van der Waals surface area contributed by atoms with Gasteiger partial charge in [0.1, 0.15) is 0 Å². The van der Waals surface area contributed by atoms with Crippen LogP contribution in [-0.4, -0.2) is 53.8 Å². The van der Waals surface area contributed by atoms with Crippen molar-refractivity contribution in [2.45, 2.75) is 36.7 Å². The van der Waals surface area contributed by atoms with Crippen LogP contribution in [0.2, 0.25) is 0 Å². The first-order valence-electron chi connectivity index (χ1n) is 11.0. The fraction of sp³-hybridized carbons (Fsp3) is 0.435. The van der Waals surface area contributed by atoms with Crippen LogP contribution in [0.3, 0.4) is 0 Å². The van der Waals surface area contributed by atoms with E-state index in [4.69, 9.17) is 19.3 Å². The summed E-state index contributed by atoms with van der Waals surface area (Å²) in [5.41, 5.74) is 1.36. The average molecular weight is 476 g/mol. The molecule has 3 N–H and O–H groups in total. The summed E-state index contributed by atoms with van der Waals surface area (Å²) in [5, 5.41) is 8.18. The number of nitrogens with zero attached hydrogens (tertiary/aromatic N) is 1. The lowest BCUT2D eigenvalue weighted by molar-refractivity contribution is 0.102. The predicted octanol–water partition coefficient (Wildman–Crippen LogP) is 2.75. The van der Waals surface area contributed by atoms with Crippen LogP contribution in [0.25, 0.3) is 0 Å². The number of ether oxygens (including phenoxy) is 3. The Hall–Kier alpha value is -2.82. The molecule has 1 saturated heterocycles. The summed E-state index contributed by atoms with van der Waals surface area (Å²) in [6, 6.07) is 9.53. The van der Waals surface area contributed by atoms with Gasteiger partial charge >= 0.3 is 0 Å². The third-order valence-electron chi connectivity index (χ3n) is 5.91. The van der Waals surface area contributed by atoms with E-state index in [9.17, 15) is 13.2 Å². The van der Waals surface area contributed by atoms with E-state index >= 15 is 0 Å². The normalized spacial score (nSPS) is 17.1. The standard InChI is InChI=1S/C23H29N3O6S/c1-30-21-9-6-16(14-22(21)32-17-4-2-3-5-17)25-23(27)19-15-18(33(24,28)29)7-8-20(19)26-10-12-31-13-11-26/h6-9,14-15,17H,2-5,10-13H2,1H3,(H,25,27)(H2,24,28,29). The first-order chi connectivity index (χ1) is 15.8. The molecular weight excluding hydrogens is 446 g/mol. The van der Waals surface area contributed by atoms with E-state index < -0.39 is 15.9 Å². The van der Waals surface area contributed by atoms with Gasteiger partial charge in [-0.05, 0) is 56.0 Å². The van der Waals surface area contributed by atoms with Crippen molar-refractivity contribution >= 4 is 27.3 Å². The van der Waals surface area contributed by atoms with Gasteiger partial charge in [-0.3, -0.25) is 4.79 Å². The van der Waals surface area contributed by atoms with Crippen molar-refractivity contribution in [1.82, 2.24) is 0 Å². The van der Waals surface area contributed by atoms with Crippen LogP contribution in [-0.2, 0) is 14.8 Å². The summed E-state index contributed by atoms with van der Waals surface area (Å²) >= 11 is 0. The maximum Gasteiger partial charge on any atom is 0.257 e. The molecule has 0 aromatic heterocycles. The Morgan fingerprint density at radius 2 is 1.82 bits per heavy atom. The first-order valence-corrected chi connectivity index (χ1v) is 12.6. The summed E-state index contributed by atoms with van der Waals surface area (Å²) in [7, 11) is -2.40. The molecule has 1 aliphatic heterocycles. The van der Waals surface area contributed by atoms with Gasteiger partial charge in [0.05, 0.1) is 36.9 Å². The molecule has 2 aromatic rings. The van der Waals surface area contributed by atoms with Gasteiger partial charge in [0, 0.05) is 30.5 Å². The third kappa shape index (κ3) is 5.58. The molecule has 178 valence electrons. The van der Waals surface area contributed by atoms with E-state index in [0.29, 0.717) is 49.2 Å². The molecule has 0 unspecified atom stereocenters. The van der Waals surface area contributed by atoms with Crippen LogP contribution in [0, 0.1) is 0 Å². The van der Waals surface area contributed by atoms with Crippen LogP contribution in [0.15, 0.2) is 41.3 Å². The molecule has 1 heterocycles. The van der Waals surface area contributed by atoms with E-state index in [1.54, 1.807) is 31.4 Å². The van der Waals surface area contributed by atoms with Gasteiger partial charge in [0.15, 0.2) is 11.5 Å². The molecular formula is C23H29N3O6S. The van der Waals surface area contributed by atoms with Gasteiger partial charge in [-0.15, -0.1) is 0 Å². The fourth-order valence-corrected chi connectivity index (χ4v) is 4.72. The van der Waals surface area contributed by atoms with E-state index in [2.05, 4.69) is 5.32 Å². The molecule has 33 heavy (non-hydrogen) atoms. The number of anilines is 2. The number of primary sulfonamides is 1. The van der Waals surface area contributed by atoms with Crippen molar-refractivity contribution in [2.75, 3.05) is 43.6 Å². The number of nitrogens with one attached hydrogen (secondary N) is 1. The summed E-state index contributed by atoms with van der Waals surface area (Å²) in [4.78, 5) is 15.2. The zero-order valence-electron chi connectivity index (χ0n) is 18.6. The number of rotatable bonds is 7. The Morgan fingerprint density at radius 3 is 2.48 bits per heavy atom. The summed E-state index contributed by atoms with van der Waals surface area (Å²) in [6.45, 7) is 2.24. The maximum atomic E-state index is 13.3. The Balaban J connectivity index is 1.63. The second kappa shape index (κ2) is 9.98. The van der Waals surface area contributed by atoms with Gasteiger partial charge in [-0.2, -0.15) is 0 Å². The fourth-order valence-electron chi connectivity index (χ4n) is 4.18. The molecule has 9 nitrogen and oxygen atoms in total. The highest BCUT2D eigenvalue weighted by Gasteiger charge is 2.23. The summed E-state index contributed by atoms with van der Waals surface area (Å²) in [5.74, 6) is 0.706. The highest BCUT2D eigenvalue weighted by atomic mass is 32.2. The van der Waals surface area contributed by atoms with Gasteiger partial charge in [-0.25, -0.2) is 13.6 Å². The second-order valence-corrected chi connectivity index (χ2v) is 9.73. The highest BCUT2D eigenvalue weighted by Crippen LogP contribution is 2.34. The van der Waals surface area contributed by atoms with Crippen molar-refractivity contribution in [3.8, 4) is 11.5 Å². The van der Waals surface area contributed by atoms with E-state index in [0.717, 1.165) is 25.7 Å². The quantitative estimate of drug-likeness (QED) is 0.632. The smallest absolute Gasteiger partial charge is 0.257 e. The molecule has 4 rings (SSSR count). The molecule has 2 fully saturated rings. The Bertz CT molecular complexity index is 1110. The summed E-state index contributed by atoms with van der Waals surface area (Å²) < 4.78 is 40.8. The van der Waals surface area contributed by atoms with E-state index in [1.807, 2.05) is 4.90 Å². The average Bonchev–Trinajstić information content (AvgIpc) is 3.32. The van der Waals surface area contributed by atoms with Crippen LogP contribution in [0.1, 0.15) is 36.0 Å². The first kappa shape index (κ1) is 23.3. The zero-order valence-corrected chi connectivity index (χ0v) is 19.4.